The zero-order valence-corrected chi connectivity index (χ0v) is 6.03. The first kappa shape index (κ1) is 9.51. The average Bonchev–Trinajstić information content (AvgIpc) is 2.46. The van der Waals surface area contributed by atoms with Gasteiger partial charge >= 0.3 is 29.6 Å². The predicted molar refractivity (Wildman–Crippen MR) is 47.6 cm³/mol. The number of imidazole rings is 1. The predicted octanol–water partition coefficient (Wildman–Crippen LogP) is 0.318. The number of nitrogens with one attached hydrogen (secondary N) is 1. The number of fused-ring (bicyclic) bond motifs is 1. The molecule has 2 heterocycles. The molecule has 0 aromatic carbocycles. The Bertz CT molecular complexity index is 340. The van der Waals surface area contributed by atoms with Crippen LogP contribution in [0.5, 0.6) is 6.01 Å². The van der Waals surface area contributed by atoms with Gasteiger partial charge in [0.15, 0.2) is 0 Å². The van der Waals surface area contributed by atoms with Gasteiger partial charge in [0.1, 0.15) is 0 Å². The summed E-state index contributed by atoms with van der Waals surface area (Å²) in [6, 6.07) is 2.35. The number of methoxy groups -OCH3 is 1. The summed E-state index contributed by atoms with van der Waals surface area (Å²) in [6.45, 7) is 0. The van der Waals surface area contributed by atoms with Crippen molar-refractivity contribution in [3.05, 3.63) is 18.5 Å². The monoisotopic (exact) mass is 173 g/mol. The molecule has 0 fully saturated rings. The summed E-state index contributed by atoms with van der Waals surface area (Å²) in [4.78, 5) is 11.0. The third kappa shape index (κ3) is 1.60. The number of rotatable bonds is 1. The first-order chi connectivity index (χ1) is 5.40. The molecule has 4 nitrogen and oxygen atoms in total. The SMILES string of the molecule is COc1nc2ccncc2[nH]1.[NaH]. The maximum atomic E-state index is 4.90. The van der Waals surface area contributed by atoms with Crippen LogP contribution in [0.4, 0.5) is 0 Å². The Balaban J connectivity index is 0.000000720. The van der Waals surface area contributed by atoms with Crippen LogP contribution in [0.25, 0.3) is 11.0 Å². The van der Waals surface area contributed by atoms with Crippen molar-refractivity contribution in [3.63, 3.8) is 0 Å². The summed E-state index contributed by atoms with van der Waals surface area (Å²) in [5, 5.41) is 0. The molecule has 0 saturated heterocycles. The quantitative estimate of drug-likeness (QED) is 0.632. The molecule has 0 aliphatic rings. The van der Waals surface area contributed by atoms with Gasteiger partial charge in [0.25, 0.3) is 6.01 Å². The third-order valence-corrected chi connectivity index (χ3v) is 1.46. The normalized spacial score (nSPS) is 9.42. The van der Waals surface area contributed by atoms with Gasteiger partial charge < -0.3 is 9.72 Å². The summed E-state index contributed by atoms with van der Waals surface area (Å²) in [5.74, 6) is 0. The molecule has 0 saturated carbocycles. The minimum atomic E-state index is 0. The van der Waals surface area contributed by atoms with Crippen molar-refractivity contribution in [2.75, 3.05) is 7.11 Å². The van der Waals surface area contributed by atoms with Gasteiger partial charge in [0.2, 0.25) is 0 Å². The Hall–Kier alpha value is -0.580. The van der Waals surface area contributed by atoms with E-state index in [9.17, 15) is 0 Å². The van der Waals surface area contributed by atoms with Gasteiger partial charge in [-0.3, -0.25) is 4.98 Å². The number of nitrogens with zero attached hydrogens (tertiary/aromatic N) is 2. The van der Waals surface area contributed by atoms with E-state index in [0.29, 0.717) is 6.01 Å². The van der Waals surface area contributed by atoms with Crippen molar-refractivity contribution in [2.24, 2.45) is 0 Å². The number of hydrogen-bond acceptors (Lipinski definition) is 3. The molecular formula is C7H8N3NaO. The molecule has 0 atom stereocenters. The second kappa shape index (κ2) is 3.89. The first-order valence-corrected chi connectivity index (χ1v) is 3.24. The van der Waals surface area contributed by atoms with Crippen LogP contribution >= 0.6 is 0 Å². The Morgan fingerprint density at radius 1 is 1.50 bits per heavy atom. The van der Waals surface area contributed by atoms with Crippen LogP contribution in [-0.2, 0) is 0 Å². The average molecular weight is 173 g/mol. The molecule has 0 bridgehead atoms. The van der Waals surface area contributed by atoms with Crippen LogP contribution in [0.2, 0.25) is 0 Å². The summed E-state index contributed by atoms with van der Waals surface area (Å²) in [7, 11) is 1.57. The Kier molecular flexibility index (Phi) is 3.08. The summed E-state index contributed by atoms with van der Waals surface area (Å²) < 4.78 is 4.90. The van der Waals surface area contributed by atoms with E-state index in [1.807, 2.05) is 6.07 Å². The van der Waals surface area contributed by atoms with Gasteiger partial charge in [-0.1, -0.05) is 0 Å². The molecule has 5 heteroatoms. The van der Waals surface area contributed by atoms with Crippen molar-refractivity contribution in [2.45, 2.75) is 0 Å². The van der Waals surface area contributed by atoms with Gasteiger partial charge in [-0.05, 0) is 6.07 Å². The second-order valence-electron chi connectivity index (χ2n) is 2.14. The maximum absolute atomic E-state index is 4.90. The van der Waals surface area contributed by atoms with Crippen LogP contribution in [0.1, 0.15) is 0 Å². The van der Waals surface area contributed by atoms with E-state index in [4.69, 9.17) is 4.74 Å². The van der Waals surface area contributed by atoms with Crippen LogP contribution in [0.15, 0.2) is 18.5 Å². The molecular weight excluding hydrogens is 165 g/mol. The van der Waals surface area contributed by atoms with E-state index in [2.05, 4.69) is 15.0 Å². The topological polar surface area (TPSA) is 50.8 Å². The molecule has 12 heavy (non-hydrogen) atoms. The molecule has 2 aromatic heterocycles. The Morgan fingerprint density at radius 3 is 3.00 bits per heavy atom. The molecule has 58 valence electrons. The van der Waals surface area contributed by atoms with E-state index in [1.165, 1.54) is 0 Å². The van der Waals surface area contributed by atoms with Gasteiger partial charge in [-0.2, -0.15) is 4.98 Å². The van der Waals surface area contributed by atoms with Crippen LogP contribution in [0, 0.1) is 0 Å². The fourth-order valence-corrected chi connectivity index (χ4v) is 0.930. The van der Waals surface area contributed by atoms with Crippen molar-refractivity contribution >= 4 is 40.6 Å². The van der Waals surface area contributed by atoms with Gasteiger partial charge in [-0.15, -0.1) is 0 Å². The number of aromatic amines is 1. The summed E-state index contributed by atoms with van der Waals surface area (Å²) in [6.07, 6.45) is 3.41. The van der Waals surface area contributed by atoms with Crippen molar-refractivity contribution in [3.8, 4) is 6.01 Å². The molecule has 0 spiro atoms. The van der Waals surface area contributed by atoms with Gasteiger partial charge in [0.05, 0.1) is 24.3 Å². The number of ether oxygens (including phenoxy) is 1. The zero-order valence-electron chi connectivity index (χ0n) is 6.03. The van der Waals surface area contributed by atoms with E-state index in [1.54, 1.807) is 19.5 Å². The zero-order chi connectivity index (χ0) is 7.68. The molecule has 0 unspecified atom stereocenters. The first-order valence-electron chi connectivity index (χ1n) is 3.24. The van der Waals surface area contributed by atoms with Crippen LogP contribution in [-0.4, -0.2) is 51.6 Å². The number of H-pyrrole nitrogens is 1. The second-order valence-corrected chi connectivity index (χ2v) is 2.14. The third-order valence-electron chi connectivity index (χ3n) is 1.46. The van der Waals surface area contributed by atoms with Gasteiger partial charge in [0, 0.05) is 6.20 Å². The Morgan fingerprint density at radius 2 is 2.33 bits per heavy atom. The fraction of sp³-hybridized carbons (Fsp3) is 0.143. The molecule has 0 aliphatic carbocycles. The number of aromatic nitrogens is 3. The minimum absolute atomic E-state index is 0. The molecule has 2 rings (SSSR count). The van der Waals surface area contributed by atoms with E-state index in [0.717, 1.165) is 11.0 Å². The fourth-order valence-electron chi connectivity index (χ4n) is 0.930. The molecule has 0 radical (unpaired) electrons. The molecule has 0 amide bonds. The van der Waals surface area contributed by atoms with Crippen molar-refractivity contribution in [1.29, 1.82) is 0 Å². The van der Waals surface area contributed by atoms with E-state index >= 15 is 0 Å². The van der Waals surface area contributed by atoms with Crippen LogP contribution < -0.4 is 4.74 Å². The van der Waals surface area contributed by atoms with Crippen molar-refractivity contribution < 1.29 is 4.74 Å². The van der Waals surface area contributed by atoms with E-state index in [-0.39, 0.29) is 29.6 Å². The number of pyridine rings is 1. The van der Waals surface area contributed by atoms with Crippen molar-refractivity contribution in [1.82, 2.24) is 15.0 Å². The molecule has 0 aliphatic heterocycles. The summed E-state index contributed by atoms with van der Waals surface area (Å²) in [5.41, 5.74) is 1.77. The van der Waals surface area contributed by atoms with Crippen LogP contribution in [0.3, 0.4) is 0 Å². The Labute approximate surface area is 91.7 Å². The summed E-state index contributed by atoms with van der Waals surface area (Å²) >= 11 is 0. The standard InChI is InChI=1S/C7H7N3O.Na.H/c1-11-7-9-5-2-3-8-4-6(5)10-7;;/h2-4H,1H3,(H,9,10);;. The number of hydrogen-bond donors (Lipinski definition) is 1. The van der Waals surface area contributed by atoms with E-state index < -0.39 is 0 Å². The molecule has 2 aromatic rings. The van der Waals surface area contributed by atoms with Gasteiger partial charge in [-0.25, -0.2) is 0 Å². The molecule has 1 N–H and O–H groups in total.